The Hall–Kier alpha value is -4.33. The van der Waals surface area contributed by atoms with Gasteiger partial charge in [-0.3, -0.25) is 14.5 Å². The fraction of sp³-hybridized carbons (Fsp3) is 0.214. The zero-order chi connectivity index (χ0) is 26.0. The molecular weight excluding hydrogens is 465 g/mol. The molecule has 1 fully saturated rings. The standard InChI is InChI=1S/C28H26FNO6/c1-5-16-6-8-17(9-7-16)25-24(26(31)20-14-18(29)10-12-21(20)34-2)27(32)28(33)30(25)19-11-13-22(35-3)23(15-19)36-4/h6-15,25,31H,5H2,1-4H3/b26-24+. The predicted molar refractivity (Wildman–Crippen MR) is 133 cm³/mol. The summed E-state index contributed by atoms with van der Waals surface area (Å²) >= 11 is 0. The molecule has 0 spiro atoms. The number of aliphatic hydroxyl groups excluding tert-OH is 1. The number of amides is 1. The first-order chi connectivity index (χ1) is 17.3. The fourth-order valence-electron chi connectivity index (χ4n) is 4.33. The molecule has 0 aromatic heterocycles. The maximum Gasteiger partial charge on any atom is 0.300 e. The number of halogens is 1. The summed E-state index contributed by atoms with van der Waals surface area (Å²) in [4.78, 5) is 28.1. The number of hydrogen-bond donors (Lipinski definition) is 1. The van der Waals surface area contributed by atoms with Gasteiger partial charge in [0.25, 0.3) is 11.7 Å². The molecule has 1 saturated heterocycles. The number of nitrogens with zero attached hydrogens (tertiary/aromatic N) is 1. The summed E-state index contributed by atoms with van der Waals surface area (Å²) in [7, 11) is 4.32. The summed E-state index contributed by atoms with van der Waals surface area (Å²) in [5.41, 5.74) is 1.82. The third-order valence-corrected chi connectivity index (χ3v) is 6.21. The summed E-state index contributed by atoms with van der Waals surface area (Å²) < 4.78 is 30.1. The second-order valence-electron chi connectivity index (χ2n) is 8.15. The minimum Gasteiger partial charge on any atom is -0.507 e. The molecule has 1 aliphatic heterocycles. The predicted octanol–water partition coefficient (Wildman–Crippen LogP) is 5.04. The number of anilines is 1. The molecule has 36 heavy (non-hydrogen) atoms. The average molecular weight is 492 g/mol. The summed E-state index contributed by atoms with van der Waals surface area (Å²) in [6.07, 6.45) is 0.802. The molecule has 0 bridgehead atoms. The third kappa shape index (κ3) is 4.26. The smallest absolute Gasteiger partial charge is 0.300 e. The van der Waals surface area contributed by atoms with Gasteiger partial charge in [-0.25, -0.2) is 4.39 Å². The van der Waals surface area contributed by atoms with Gasteiger partial charge in [-0.2, -0.15) is 0 Å². The number of carbonyl (C=O) groups excluding carboxylic acids is 2. The van der Waals surface area contributed by atoms with Crippen molar-refractivity contribution in [2.24, 2.45) is 0 Å². The van der Waals surface area contributed by atoms with Crippen LogP contribution in [0.2, 0.25) is 0 Å². The van der Waals surface area contributed by atoms with Gasteiger partial charge in [0, 0.05) is 11.8 Å². The minimum atomic E-state index is -0.984. The van der Waals surface area contributed by atoms with E-state index < -0.39 is 29.3 Å². The SMILES string of the molecule is CCc1ccc(C2/C(=C(\O)c3cc(F)ccc3OC)C(=O)C(=O)N2c2ccc(OC)c(OC)c2)cc1. The van der Waals surface area contributed by atoms with Crippen LogP contribution in [-0.2, 0) is 16.0 Å². The van der Waals surface area contributed by atoms with E-state index in [1.807, 2.05) is 19.1 Å². The number of carbonyl (C=O) groups is 2. The number of hydrogen-bond acceptors (Lipinski definition) is 6. The van der Waals surface area contributed by atoms with Gasteiger partial charge in [-0.15, -0.1) is 0 Å². The Morgan fingerprint density at radius 3 is 2.14 bits per heavy atom. The molecule has 8 heteroatoms. The van der Waals surface area contributed by atoms with Crippen LogP contribution >= 0.6 is 0 Å². The molecule has 186 valence electrons. The number of ketones is 1. The average Bonchev–Trinajstić information content (AvgIpc) is 3.17. The molecule has 0 radical (unpaired) electrons. The number of ether oxygens (including phenoxy) is 3. The van der Waals surface area contributed by atoms with Crippen LogP contribution in [0.5, 0.6) is 17.2 Å². The summed E-state index contributed by atoms with van der Waals surface area (Å²) in [6, 6.07) is 14.8. The van der Waals surface area contributed by atoms with Crippen LogP contribution in [0.15, 0.2) is 66.2 Å². The van der Waals surface area contributed by atoms with Crippen molar-refractivity contribution in [3.63, 3.8) is 0 Å². The van der Waals surface area contributed by atoms with Crippen LogP contribution in [0.1, 0.15) is 29.7 Å². The van der Waals surface area contributed by atoms with E-state index in [0.717, 1.165) is 18.1 Å². The molecule has 1 amide bonds. The molecule has 3 aromatic rings. The molecule has 1 unspecified atom stereocenters. The summed E-state index contributed by atoms with van der Waals surface area (Å²) in [5, 5.41) is 11.3. The Balaban J connectivity index is 1.97. The van der Waals surface area contributed by atoms with Crippen molar-refractivity contribution in [2.75, 3.05) is 26.2 Å². The number of aryl methyl sites for hydroxylation is 1. The third-order valence-electron chi connectivity index (χ3n) is 6.21. The highest BCUT2D eigenvalue weighted by Gasteiger charge is 2.47. The second kappa shape index (κ2) is 10.1. The molecule has 1 N–H and O–H groups in total. The maximum absolute atomic E-state index is 14.1. The minimum absolute atomic E-state index is 0.0296. The van der Waals surface area contributed by atoms with Crippen molar-refractivity contribution in [1.82, 2.24) is 0 Å². The normalized spacial score (nSPS) is 16.8. The van der Waals surface area contributed by atoms with Crippen LogP contribution in [-0.4, -0.2) is 38.1 Å². The number of aliphatic hydroxyl groups is 1. The van der Waals surface area contributed by atoms with Crippen molar-refractivity contribution < 1.29 is 33.3 Å². The molecule has 1 aliphatic rings. The fourth-order valence-corrected chi connectivity index (χ4v) is 4.33. The van der Waals surface area contributed by atoms with E-state index in [1.54, 1.807) is 30.3 Å². The van der Waals surface area contributed by atoms with Crippen molar-refractivity contribution >= 4 is 23.1 Å². The van der Waals surface area contributed by atoms with Gasteiger partial charge in [0.2, 0.25) is 0 Å². The van der Waals surface area contributed by atoms with E-state index in [9.17, 15) is 19.1 Å². The highest BCUT2D eigenvalue weighted by atomic mass is 19.1. The van der Waals surface area contributed by atoms with Crippen molar-refractivity contribution in [3.05, 3.63) is 88.7 Å². The number of methoxy groups -OCH3 is 3. The van der Waals surface area contributed by atoms with Gasteiger partial charge in [0.15, 0.2) is 11.5 Å². The Labute approximate surface area is 208 Å². The van der Waals surface area contributed by atoms with E-state index in [2.05, 4.69) is 0 Å². The Morgan fingerprint density at radius 1 is 0.889 bits per heavy atom. The lowest BCUT2D eigenvalue weighted by atomic mass is 9.94. The lowest BCUT2D eigenvalue weighted by molar-refractivity contribution is -0.132. The molecule has 7 nitrogen and oxygen atoms in total. The van der Waals surface area contributed by atoms with Gasteiger partial charge in [0.1, 0.15) is 17.3 Å². The first kappa shape index (κ1) is 24.8. The van der Waals surface area contributed by atoms with Gasteiger partial charge in [0.05, 0.1) is 38.5 Å². The highest BCUT2D eigenvalue weighted by molar-refractivity contribution is 6.51. The molecule has 0 aliphatic carbocycles. The molecule has 0 saturated carbocycles. The molecule has 3 aromatic carbocycles. The van der Waals surface area contributed by atoms with Gasteiger partial charge in [-0.1, -0.05) is 31.2 Å². The first-order valence-corrected chi connectivity index (χ1v) is 11.3. The lowest BCUT2D eigenvalue weighted by Crippen LogP contribution is -2.29. The van der Waals surface area contributed by atoms with Gasteiger partial charge < -0.3 is 19.3 Å². The van der Waals surface area contributed by atoms with E-state index in [-0.39, 0.29) is 16.9 Å². The Kier molecular flexibility index (Phi) is 6.96. The van der Waals surface area contributed by atoms with Crippen molar-refractivity contribution in [1.29, 1.82) is 0 Å². The van der Waals surface area contributed by atoms with Crippen molar-refractivity contribution in [2.45, 2.75) is 19.4 Å². The van der Waals surface area contributed by atoms with Crippen molar-refractivity contribution in [3.8, 4) is 17.2 Å². The van der Waals surface area contributed by atoms with Gasteiger partial charge >= 0.3 is 0 Å². The number of benzene rings is 3. The van der Waals surface area contributed by atoms with Crippen LogP contribution in [0, 0.1) is 5.82 Å². The first-order valence-electron chi connectivity index (χ1n) is 11.3. The van der Waals surface area contributed by atoms with Crippen LogP contribution in [0.3, 0.4) is 0 Å². The van der Waals surface area contributed by atoms with E-state index in [4.69, 9.17) is 14.2 Å². The lowest BCUT2D eigenvalue weighted by Gasteiger charge is -2.26. The number of Topliss-reactive ketones (excluding diaryl/α,β-unsaturated/α-hetero) is 1. The zero-order valence-corrected chi connectivity index (χ0v) is 20.4. The quantitative estimate of drug-likeness (QED) is 0.283. The van der Waals surface area contributed by atoms with E-state index in [0.29, 0.717) is 22.7 Å². The molecule has 4 rings (SSSR count). The van der Waals surface area contributed by atoms with E-state index >= 15 is 0 Å². The largest absolute Gasteiger partial charge is 0.507 e. The molecular formula is C28H26FNO6. The molecule has 1 heterocycles. The van der Waals surface area contributed by atoms with E-state index in [1.165, 1.54) is 38.4 Å². The maximum atomic E-state index is 14.1. The summed E-state index contributed by atoms with van der Waals surface area (Å²) in [6.45, 7) is 2.01. The highest BCUT2D eigenvalue weighted by Crippen LogP contribution is 2.45. The number of rotatable bonds is 7. The topological polar surface area (TPSA) is 85.3 Å². The Bertz CT molecular complexity index is 1350. The van der Waals surface area contributed by atoms with Crippen LogP contribution in [0.25, 0.3) is 5.76 Å². The summed E-state index contributed by atoms with van der Waals surface area (Å²) in [5.74, 6) is -1.93. The van der Waals surface area contributed by atoms with Crippen LogP contribution < -0.4 is 19.1 Å². The Morgan fingerprint density at radius 2 is 1.53 bits per heavy atom. The molecule has 1 atom stereocenters. The zero-order valence-electron chi connectivity index (χ0n) is 20.4. The monoisotopic (exact) mass is 491 g/mol. The second-order valence-corrected chi connectivity index (χ2v) is 8.15. The van der Waals surface area contributed by atoms with Gasteiger partial charge in [-0.05, 0) is 47.9 Å². The van der Waals surface area contributed by atoms with Crippen LogP contribution in [0.4, 0.5) is 10.1 Å².